The molecule has 2 aromatic carbocycles. The van der Waals surface area contributed by atoms with Crippen molar-refractivity contribution in [3.63, 3.8) is 0 Å². The first-order valence-corrected chi connectivity index (χ1v) is 10.9. The van der Waals surface area contributed by atoms with Crippen molar-refractivity contribution in [3.8, 4) is 11.3 Å². The third-order valence-corrected chi connectivity index (χ3v) is 5.45. The minimum atomic E-state index is -4.81. The van der Waals surface area contributed by atoms with Gasteiger partial charge in [-0.1, -0.05) is 42.5 Å². The monoisotopic (exact) mass is 534 g/mol. The van der Waals surface area contributed by atoms with Crippen LogP contribution in [0.1, 0.15) is 16.1 Å². The standard InChI is InChI=1S/C24H16F6N6O2/c25-23(26,27)12-38-13-35-11-15(9-31-35)33-22(37)18-10-32-36-20(24(28,29)30)8-19(34-21(18)36)17-7-3-5-14-4-1-2-6-16(14)17/h1-11H,12-13H2,(H,33,37). The molecule has 0 unspecified atom stereocenters. The largest absolute Gasteiger partial charge is 0.433 e. The highest BCUT2D eigenvalue weighted by Gasteiger charge is 2.36. The summed E-state index contributed by atoms with van der Waals surface area (Å²) in [5, 5.41) is 11.4. The molecular formula is C24H16F6N6O2. The van der Waals surface area contributed by atoms with E-state index in [1.807, 2.05) is 12.1 Å². The van der Waals surface area contributed by atoms with E-state index in [0.717, 1.165) is 28.5 Å². The molecule has 38 heavy (non-hydrogen) atoms. The SMILES string of the molecule is O=C(Nc1cnn(COCC(F)(F)F)c1)c1cnn2c(C(F)(F)F)cc(-c3cccc4ccccc34)nc12. The lowest BCUT2D eigenvalue weighted by molar-refractivity contribution is -0.182. The second-order valence-electron chi connectivity index (χ2n) is 8.16. The number of alkyl halides is 6. The van der Waals surface area contributed by atoms with Crippen LogP contribution in [0.3, 0.4) is 0 Å². The van der Waals surface area contributed by atoms with Crippen LogP contribution in [0.4, 0.5) is 32.0 Å². The highest BCUT2D eigenvalue weighted by atomic mass is 19.4. The van der Waals surface area contributed by atoms with E-state index in [0.29, 0.717) is 15.5 Å². The fraction of sp³-hybridized carbons (Fsp3) is 0.167. The van der Waals surface area contributed by atoms with Crippen LogP contribution in [0.15, 0.2) is 67.1 Å². The zero-order valence-electron chi connectivity index (χ0n) is 19.1. The van der Waals surface area contributed by atoms with Gasteiger partial charge in [0.05, 0.1) is 30.0 Å². The van der Waals surface area contributed by atoms with Gasteiger partial charge in [0.1, 0.15) is 18.9 Å². The number of carbonyl (C=O) groups excluding carboxylic acids is 1. The molecule has 8 nitrogen and oxygen atoms in total. The zero-order valence-corrected chi connectivity index (χ0v) is 19.1. The molecule has 0 radical (unpaired) electrons. The van der Waals surface area contributed by atoms with Crippen molar-refractivity contribution in [1.82, 2.24) is 24.4 Å². The molecule has 14 heteroatoms. The smallest absolute Gasteiger partial charge is 0.350 e. The molecule has 0 saturated heterocycles. The number of hydrogen-bond donors (Lipinski definition) is 1. The molecule has 3 heterocycles. The molecule has 0 aliphatic carbocycles. The van der Waals surface area contributed by atoms with Crippen LogP contribution in [-0.2, 0) is 17.6 Å². The van der Waals surface area contributed by atoms with Crippen molar-refractivity contribution in [2.24, 2.45) is 0 Å². The van der Waals surface area contributed by atoms with Crippen LogP contribution < -0.4 is 5.32 Å². The van der Waals surface area contributed by atoms with Gasteiger partial charge < -0.3 is 10.1 Å². The van der Waals surface area contributed by atoms with Gasteiger partial charge in [-0.2, -0.15) is 36.5 Å². The third-order valence-electron chi connectivity index (χ3n) is 5.45. The van der Waals surface area contributed by atoms with E-state index in [9.17, 15) is 31.1 Å². The Hall–Kier alpha value is -4.46. The van der Waals surface area contributed by atoms with Crippen LogP contribution in [0.2, 0.25) is 0 Å². The summed E-state index contributed by atoms with van der Waals surface area (Å²) in [7, 11) is 0. The van der Waals surface area contributed by atoms with E-state index in [1.165, 1.54) is 6.20 Å². The van der Waals surface area contributed by atoms with Crippen LogP contribution in [0.25, 0.3) is 27.7 Å². The number of amides is 1. The molecule has 196 valence electrons. The summed E-state index contributed by atoms with van der Waals surface area (Å²) in [4.78, 5) is 17.3. The summed E-state index contributed by atoms with van der Waals surface area (Å²) in [5.41, 5.74) is -1.21. The van der Waals surface area contributed by atoms with E-state index in [2.05, 4.69) is 25.2 Å². The number of ether oxygens (including phenoxy) is 1. The molecule has 5 rings (SSSR count). The Balaban J connectivity index is 1.49. The number of nitrogens with one attached hydrogen (secondary N) is 1. The van der Waals surface area contributed by atoms with Crippen molar-refractivity contribution < 1.29 is 35.9 Å². The number of rotatable bonds is 6. The van der Waals surface area contributed by atoms with E-state index in [1.54, 1.807) is 30.3 Å². The molecule has 0 bridgehead atoms. The summed E-state index contributed by atoms with van der Waals surface area (Å²) in [6.07, 6.45) is -6.01. The number of carbonyl (C=O) groups is 1. The van der Waals surface area contributed by atoms with Gasteiger partial charge in [0.15, 0.2) is 11.3 Å². The third kappa shape index (κ3) is 5.16. The molecule has 0 fully saturated rings. The second-order valence-corrected chi connectivity index (χ2v) is 8.16. The van der Waals surface area contributed by atoms with Gasteiger partial charge in [0.25, 0.3) is 5.91 Å². The number of nitrogens with zero attached hydrogens (tertiary/aromatic N) is 5. The molecule has 0 atom stereocenters. The Kier molecular flexibility index (Phi) is 6.26. The molecule has 0 spiro atoms. The normalized spacial score (nSPS) is 12.4. The fourth-order valence-electron chi connectivity index (χ4n) is 3.86. The summed E-state index contributed by atoms with van der Waals surface area (Å²) in [6, 6.07) is 13.1. The fourth-order valence-corrected chi connectivity index (χ4v) is 3.86. The lowest BCUT2D eigenvalue weighted by Gasteiger charge is -2.13. The Morgan fingerprint density at radius 3 is 2.50 bits per heavy atom. The van der Waals surface area contributed by atoms with Gasteiger partial charge in [-0.05, 0) is 16.8 Å². The van der Waals surface area contributed by atoms with Crippen molar-refractivity contribution in [2.45, 2.75) is 19.1 Å². The maximum atomic E-state index is 14.0. The minimum absolute atomic E-state index is 0.00851. The number of anilines is 1. The first kappa shape index (κ1) is 25.2. The van der Waals surface area contributed by atoms with Crippen LogP contribution in [0, 0.1) is 0 Å². The highest BCUT2D eigenvalue weighted by molar-refractivity contribution is 6.08. The number of benzene rings is 2. The molecule has 0 saturated carbocycles. The van der Waals surface area contributed by atoms with Gasteiger partial charge in [-0.15, -0.1) is 0 Å². The topological polar surface area (TPSA) is 86.3 Å². The Bertz CT molecular complexity index is 1630. The summed E-state index contributed by atoms with van der Waals surface area (Å²) in [6.45, 7) is -2.01. The predicted molar refractivity (Wildman–Crippen MR) is 123 cm³/mol. The van der Waals surface area contributed by atoms with Gasteiger partial charge >= 0.3 is 12.4 Å². The van der Waals surface area contributed by atoms with E-state index in [-0.39, 0.29) is 22.6 Å². The maximum Gasteiger partial charge on any atom is 0.433 e. The molecule has 5 aromatic rings. The second kappa shape index (κ2) is 9.45. The van der Waals surface area contributed by atoms with Gasteiger partial charge in [0, 0.05) is 5.56 Å². The Labute approximate surface area is 209 Å². The maximum absolute atomic E-state index is 14.0. The van der Waals surface area contributed by atoms with E-state index < -0.39 is 37.3 Å². The Morgan fingerprint density at radius 1 is 0.974 bits per heavy atom. The molecular weight excluding hydrogens is 518 g/mol. The predicted octanol–water partition coefficient (Wildman–Crippen LogP) is 5.55. The first-order chi connectivity index (χ1) is 18.0. The first-order valence-electron chi connectivity index (χ1n) is 10.9. The number of fused-ring (bicyclic) bond motifs is 2. The van der Waals surface area contributed by atoms with Crippen LogP contribution >= 0.6 is 0 Å². The summed E-state index contributed by atoms with van der Waals surface area (Å²) >= 11 is 0. The minimum Gasteiger partial charge on any atom is -0.350 e. The van der Waals surface area contributed by atoms with Crippen LogP contribution in [0.5, 0.6) is 0 Å². The molecule has 1 N–H and O–H groups in total. The average molecular weight is 534 g/mol. The summed E-state index contributed by atoms with van der Waals surface area (Å²) < 4.78 is 84.7. The molecule has 3 aromatic heterocycles. The van der Waals surface area contributed by atoms with Gasteiger partial charge in [-0.25, -0.2) is 14.2 Å². The lowest BCUT2D eigenvalue weighted by atomic mass is 10.0. The molecule has 1 amide bonds. The Morgan fingerprint density at radius 2 is 1.74 bits per heavy atom. The molecule has 0 aliphatic rings. The quantitative estimate of drug-likeness (QED) is 0.289. The van der Waals surface area contributed by atoms with E-state index >= 15 is 0 Å². The lowest BCUT2D eigenvalue weighted by Crippen LogP contribution is -2.18. The van der Waals surface area contributed by atoms with Crippen molar-refractivity contribution in [1.29, 1.82) is 0 Å². The van der Waals surface area contributed by atoms with Gasteiger partial charge in [-0.3, -0.25) is 4.79 Å². The van der Waals surface area contributed by atoms with Crippen molar-refractivity contribution in [3.05, 3.63) is 78.4 Å². The van der Waals surface area contributed by atoms with Crippen molar-refractivity contribution in [2.75, 3.05) is 11.9 Å². The zero-order chi connectivity index (χ0) is 27.1. The number of aromatic nitrogens is 5. The van der Waals surface area contributed by atoms with E-state index in [4.69, 9.17) is 0 Å². The van der Waals surface area contributed by atoms with Gasteiger partial charge in [0.2, 0.25) is 0 Å². The average Bonchev–Trinajstić information content (AvgIpc) is 3.48. The van der Waals surface area contributed by atoms with Crippen molar-refractivity contribution >= 4 is 28.0 Å². The van der Waals surface area contributed by atoms with Crippen LogP contribution in [-0.4, -0.2) is 43.1 Å². The number of hydrogen-bond acceptors (Lipinski definition) is 5. The number of halogens is 6. The molecule has 0 aliphatic heterocycles. The highest BCUT2D eigenvalue weighted by Crippen LogP contribution is 2.35. The summed E-state index contributed by atoms with van der Waals surface area (Å²) in [5.74, 6) is -0.841.